The van der Waals surface area contributed by atoms with Crippen LogP contribution >= 0.6 is 21.6 Å². The van der Waals surface area contributed by atoms with Crippen molar-refractivity contribution in [2.24, 2.45) is 5.73 Å². The fraction of sp³-hybridized carbons (Fsp3) is 0.419. The normalized spacial score (nSPS) is 14.0. The Bertz CT molecular complexity index is 1690. The molecule has 0 saturated carbocycles. The van der Waals surface area contributed by atoms with E-state index in [9.17, 15) is 29.4 Å². The van der Waals surface area contributed by atoms with Gasteiger partial charge in [-0.3, -0.25) is 19.2 Å². The average molecular weight is 822 g/mol. The quantitative estimate of drug-likeness (QED) is 0.0406. The van der Waals surface area contributed by atoms with Crippen LogP contribution in [0.5, 0.6) is 0 Å². The van der Waals surface area contributed by atoms with Crippen LogP contribution in [0.15, 0.2) is 114 Å². The summed E-state index contributed by atoms with van der Waals surface area (Å²) in [7, 11) is 2.41. The summed E-state index contributed by atoms with van der Waals surface area (Å²) in [5.41, 5.74) is 6.28. The number of amides is 4. The molecule has 0 fully saturated rings. The van der Waals surface area contributed by atoms with E-state index >= 15 is 0 Å². The second-order valence-electron chi connectivity index (χ2n) is 13.4. The molecule has 3 atom stereocenters. The lowest BCUT2D eigenvalue weighted by Gasteiger charge is -2.33. The van der Waals surface area contributed by atoms with Crippen LogP contribution in [-0.4, -0.2) is 80.8 Å². The van der Waals surface area contributed by atoms with E-state index in [2.05, 4.69) is 88.8 Å². The molecule has 1 heterocycles. The van der Waals surface area contributed by atoms with Crippen molar-refractivity contribution in [2.75, 3.05) is 18.9 Å². The lowest BCUT2D eigenvalue weighted by molar-refractivity contribution is -0.126. The minimum atomic E-state index is -1.20. The maximum atomic E-state index is 13.3. The minimum Gasteiger partial charge on any atom is -0.394 e. The number of rotatable bonds is 28. The summed E-state index contributed by atoms with van der Waals surface area (Å²) < 4.78 is 4.35. The molecule has 2 rings (SSSR count). The Morgan fingerprint density at radius 1 is 0.860 bits per heavy atom. The van der Waals surface area contributed by atoms with Gasteiger partial charge in [-0.15, -0.1) is 0 Å². The number of allylic oxidation sites excluding steroid dienone is 12. The molecule has 0 bridgehead atoms. The van der Waals surface area contributed by atoms with Gasteiger partial charge in [0.05, 0.1) is 12.7 Å². The summed E-state index contributed by atoms with van der Waals surface area (Å²) in [5, 5.41) is 30.8. The molecule has 1 aromatic carbocycles. The zero-order valence-corrected chi connectivity index (χ0v) is 34.8. The summed E-state index contributed by atoms with van der Waals surface area (Å²) in [6.45, 7) is 4.77. The molecule has 0 radical (unpaired) electrons. The third-order valence-corrected chi connectivity index (χ3v) is 11.4. The van der Waals surface area contributed by atoms with E-state index in [1.54, 1.807) is 26.0 Å². The van der Waals surface area contributed by atoms with Gasteiger partial charge in [-0.25, -0.2) is 0 Å². The molecule has 12 nitrogen and oxygen atoms in total. The molecule has 57 heavy (non-hydrogen) atoms. The summed E-state index contributed by atoms with van der Waals surface area (Å²) >= 11 is 0. The van der Waals surface area contributed by atoms with Crippen molar-refractivity contribution in [1.82, 2.24) is 21.1 Å². The highest BCUT2D eigenvalue weighted by Gasteiger charge is 2.38. The minimum absolute atomic E-state index is 0.0454. The Morgan fingerprint density at radius 3 is 1.96 bits per heavy atom. The SMILES string of the molecule is CC/C=C\C/C=C\C/C=C\C/C=C\C/C=C\C/C=C\CCC(=O)NC(CSSC(C)(C)C(NC(=O)c1cc(-c2ccccc2)on1)C(=O)NCC(O)CO)C(N)=O. The molecule has 3 unspecified atom stereocenters. The third-order valence-electron chi connectivity index (χ3n) is 8.08. The smallest absolute Gasteiger partial charge is 0.274 e. The van der Waals surface area contributed by atoms with Gasteiger partial charge in [-0.1, -0.05) is 137 Å². The van der Waals surface area contributed by atoms with Crippen LogP contribution in [0, 0.1) is 0 Å². The Kier molecular flexibility index (Phi) is 24.4. The van der Waals surface area contributed by atoms with E-state index in [-0.39, 0.29) is 30.3 Å². The predicted octanol–water partition coefficient (Wildman–Crippen LogP) is 6.52. The first kappa shape index (κ1) is 48.5. The Hall–Kier alpha value is -4.63. The number of benzene rings is 1. The molecule has 0 aliphatic heterocycles. The van der Waals surface area contributed by atoms with Crippen molar-refractivity contribution in [2.45, 2.75) is 95.1 Å². The summed E-state index contributed by atoms with van der Waals surface area (Å²) in [4.78, 5) is 51.5. The number of nitrogens with two attached hydrogens (primary N) is 1. The van der Waals surface area contributed by atoms with Gasteiger partial charge in [0.1, 0.15) is 12.1 Å². The summed E-state index contributed by atoms with van der Waals surface area (Å²) in [5.74, 6) is -1.84. The number of aromatic nitrogens is 1. The maximum absolute atomic E-state index is 13.3. The van der Waals surface area contributed by atoms with Crippen molar-refractivity contribution in [1.29, 1.82) is 0 Å². The fourth-order valence-electron chi connectivity index (χ4n) is 4.88. The molecule has 0 saturated heterocycles. The number of nitrogens with one attached hydrogen (secondary N) is 3. The number of hydrogen-bond acceptors (Lipinski definition) is 10. The molecular weight excluding hydrogens is 763 g/mol. The lowest BCUT2D eigenvalue weighted by Crippen LogP contribution is -2.57. The molecule has 0 aliphatic rings. The van der Waals surface area contributed by atoms with Crippen LogP contribution < -0.4 is 21.7 Å². The summed E-state index contributed by atoms with van der Waals surface area (Å²) in [6, 6.07) is 8.42. The van der Waals surface area contributed by atoms with Crippen LogP contribution in [0.1, 0.15) is 82.6 Å². The third kappa shape index (κ3) is 20.9. The molecule has 7 N–H and O–H groups in total. The first-order valence-electron chi connectivity index (χ1n) is 19.2. The van der Waals surface area contributed by atoms with E-state index in [0.717, 1.165) is 38.5 Å². The van der Waals surface area contributed by atoms with Gasteiger partial charge in [0.15, 0.2) is 11.5 Å². The second kappa shape index (κ2) is 28.7. The maximum Gasteiger partial charge on any atom is 0.274 e. The van der Waals surface area contributed by atoms with Crippen LogP contribution in [0.3, 0.4) is 0 Å². The molecule has 0 spiro atoms. The Balaban J connectivity index is 1.81. The van der Waals surface area contributed by atoms with Gasteiger partial charge in [0, 0.05) is 35.1 Å². The van der Waals surface area contributed by atoms with Gasteiger partial charge < -0.3 is 36.4 Å². The number of aliphatic hydroxyl groups is 2. The number of carbonyl (C=O) groups excluding carboxylic acids is 4. The van der Waals surface area contributed by atoms with Gasteiger partial charge in [0.2, 0.25) is 17.7 Å². The zero-order chi connectivity index (χ0) is 41.7. The van der Waals surface area contributed by atoms with Crippen molar-refractivity contribution < 1.29 is 33.9 Å². The molecule has 4 amide bonds. The van der Waals surface area contributed by atoms with Crippen LogP contribution in [0.4, 0.5) is 0 Å². The highest BCUT2D eigenvalue weighted by atomic mass is 33.1. The largest absolute Gasteiger partial charge is 0.394 e. The van der Waals surface area contributed by atoms with Crippen LogP contribution in [-0.2, 0) is 14.4 Å². The molecule has 0 aliphatic carbocycles. The Labute approximate surface area is 345 Å². The molecule has 14 heteroatoms. The standard InChI is InChI=1S/C43H59N5O7S2/c1-4-5-6-7-8-9-10-11-12-13-14-15-16-17-18-19-20-21-25-28-38(51)46-36(40(44)52)32-56-57-43(2,3)39(42(54)45-30-34(50)31-49)47-41(53)35-29-37(55-48-35)33-26-23-22-24-27-33/h5-6,8-9,11-12,14-15,17-18,20-24,26-27,29,34,36,39,49-50H,4,7,10,13,16,19,25,28,30-32H2,1-3H3,(H2,44,52)(H,45,54)(H,46,51)(H,47,53)/b6-5-,9-8-,12-11-,15-14-,18-17-,21-20-. The topological polar surface area (TPSA) is 197 Å². The van der Waals surface area contributed by atoms with Crippen LogP contribution in [0.2, 0.25) is 0 Å². The highest BCUT2D eigenvalue weighted by Crippen LogP contribution is 2.39. The molecular formula is C43H59N5O7S2. The van der Waals surface area contributed by atoms with Crippen LogP contribution in [0.25, 0.3) is 11.3 Å². The summed E-state index contributed by atoms with van der Waals surface area (Å²) in [6.07, 6.45) is 30.4. The van der Waals surface area contributed by atoms with E-state index < -0.39 is 47.3 Å². The van der Waals surface area contributed by atoms with E-state index in [0.29, 0.717) is 17.7 Å². The highest BCUT2D eigenvalue weighted by molar-refractivity contribution is 8.77. The van der Waals surface area contributed by atoms with Crippen molar-refractivity contribution in [3.63, 3.8) is 0 Å². The second-order valence-corrected chi connectivity index (χ2v) is 16.4. The predicted molar refractivity (Wildman–Crippen MR) is 232 cm³/mol. The van der Waals surface area contributed by atoms with Gasteiger partial charge in [0.25, 0.3) is 5.91 Å². The van der Waals surface area contributed by atoms with Crippen molar-refractivity contribution in [3.05, 3.63) is 115 Å². The molecule has 310 valence electrons. The number of nitrogens with zero attached hydrogens (tertiary/aromatic N) is 1. The van der Waals surface area contributed by atoms with Crippen molar-refractivity contribution >= 4 is 45.2 Å². The Morgan fingerprint density at radius 2 is 1.42 bits per heavy atom. The average Bonchev–Trinajstić information content (AvgIpc) is 3.70. The number of hydrogen-bond donors (Lipinski definition) is 6. The lowest BCUT2D eigenvalue weighted by atomic mass is 10.0. The fourth-order valence-corrected chi connectivity index (χ4v) is 7.71. The van der Waals surface area contributed by atoms with Gasteiger partial charge in [-0.05, 0) is 58.8 Å². The van der Waals surface area contributed by atoms with Gasteiger partial charge >= 0.3 is 0 Å². The molecule has 1 aromatic heterocycles. The van der Waals surface area contributed by atoms with E-state index in [1.165, 1.54) is 27.7 Å². The van der Waals surface area contributed by atoms with E-state index in [4.69, 9.17) is 10.3 Å². The van der Waals surface area contributed by atoms with Gasteiger partial charge in [-0.2, -0.15) is 0 Å². The number of carbonyl (C=O) groups is 4. The van der Waals surface area contributed by atoms with E-state index in [1.807, 2.05) is 30.4 Å². The first-order chi connectivity index (χ1) is 27.5. The van der Waals surface area contributed by atoms with Crippen molar-refractivity contribution in [3.8, 4) is 11.3 Å². The number of primary amides is 1. The number of aliphatic hydroxyl groups excluding tert-OH is 2. The monoisotopic (exact) mass is 821 g/mol. The molecule has 2 aromatic rings. The first-order valence-corrected chi connectivity index (χ1v) is 21.5. The zero-order valence-electron chi connectivity index (χ0n) is 33.2.